The van der Waals surface area contributed by atoms with Crippen LogP contribution in [0.2, 0.25) is 5.02 Å². The van der Waals surface area contributed by atoms with E-state index in [1.165, 1.54) is 0 Å². The van der Waals surface area contributed by atoms with E-state index in [-0.39, 0.29) is 47.2 Å². The summed E-state index contributed by atoms with van der Waals surface area (Å²) in [6.07, 6.45) is 1.37. The van der Waals surface area contributed by atoms with Crippen LogP contribution in [0.3, 0.4) is 0 Å². The molecule has 0 bridgehead atoms. The summed E-state index contributed by atoms with van der Waals surface area (Å²) in [4.78, 5) is 15.7. The second-order valence-corrected chi connectivity index (χ2v) is 13.6. The van der Waals surface area contributed by atoms with E-state index in [0.29, 0.717) is 35.0 Å². The van der Waals surface area contributed by atoms with Crippen LogP contribution in [0.1, 0.15) is 56.5 Å². The molecule has 0 radical (unpaired) electrons. The van der Waals surface area contributed by atoms with Crippen molar-refractivity contribution in [2.45, 2.75) is 58.3 Å². The number of hydrogen-bond donors (Lipinski definition) is 3. The van der Waals surface area contributed by atoms with Gasteiger partial charge >= 0.3 is 0 Å². The van der Waals surface area contributed by atoms with Gasteiger partial charge in [-0.2, -0.15) is 5.26 Å². The molecular weight excluding hydrogens is 573 g/mol. The Bertz CT molecular complexity index is 1280. The Balaban J connectivity index is 0.00000405. The average molecular weight is 617 g/mol. The minimum atomic E-state index is -0.698. The molecular formula is C32H43Cl2N5O3. The predicted molar refractivity (Wildman–Crippen MR) is 167 cm³/mol. The maximum absolute atomic E-state index is 13.3. The average Bonchev–Trinajstić information content (AvgIpc) is 2.93. The van der Waals surface area contributed by atoms with Gasteiger partial charge in [-0.05, 0) is 56.1 Å². The molecule has 3 aliphatic rings. The Morgan fingerprint density at radius 3 is 2.40 bits per heavy atom. The molecule has 3 fully saturated rings. The number of amides is 1. The summed E-state index contributed by atoms with van der Waals surface area (Å²) in [6.45, 7) is 13.4. The molecule has 2 heterocycles. The van der Waals surface area contributed by atoms with Gasteiger partial charge in [-0.15, -0.1) is 12.4 Å². The standard InChI is InChI=1S/C32H42ClN5O3.ClH/c1-30(2)27(31(3,4)29(30)41-24-11-10-23(19-34)25(33)18-24)26-20-37(21-32(40)12-14-35-15-13-32)16-17-38(26)36-28(39)22-8-6-5-7-9-22;/h5-11,18,26-27,29,35,40H,12-17,20-21H2,1-4H3,(H,36,39);1H. The number of rotatable bonds is 7. The topological polar surface area (TPSA) is 101 Å². The van der Waals surface area contributed by atoms with Crippen molar-refractivity contribution >= 4 is 29.9 Å². The summed E-state index contributed by atoms with van der Waals surface area (Å²) in [5, 5.41) is 26.5. The molecule has 3 N–H and O–H groups in total. The van der Waals surface area contributed by atoms with Crippen molar-refractivity contribution in [2.75, 3.05) is 39.3 Å². The monoisotopic (exact) mass is 615 g/mol. The lowest BCUT2D eigenvalue weighted by molar-refractivity contribution is -0.232. The highest BCUT2D eigenvalue weighted by Gasteiger charge is 2.66. The Hall–Kier alpha value is -2.38. The second-order valence-electron chi connectivity index (χ2n) is 13.1. The first-order valence-corrected chi connectivity index (χ1v) is 15.0. The van der Waals surface area contributed by atoms with Crippen molar-refractivity contribution in [2.24, 2.45) is 16.7 Å². The molecule has 1 unspecified atom stereocenters. The Labute approximate surface area is 260 Å². The molecule has 1 saturated carbocycles. The summed E-state index contributed by atoms with van der Waals surface area (Å²) >= 11 is 6.31. The fourth-order valence-electron chi connectivity index (χ4n) is 7.93. The van der Waals surface area contributed by atoms with Crippen LogP contribution in [0.25, 0.3) is 0 Å². The highest BCUT2D eigenvalue weighted by Crippen LogP contribution is 2.62. The summed E-state index contributed by atoms with van der Waals surface area (Å²) in [5.74, 6) is 0.706. The summed E-state index contributed by atoms with van der Waals surface area (Å²) < 4.78 is 6.57. The van der Waals surface area contributed by atoms with Crippen molar-refractivity contribution in [1.29, 1.82) is 5.26 Å². The van der Waals surface area contributed by atoms with Crippen LogP contribution in [0, 0.1) is 28.1 Å². The van der Waals surface area contributed by atoms with Gasteiger partial charge in [0, 0.05) is 54.7 Å². The molecule has 0 spiro atoms. The third kappa shape index (κ3) is 6.42. The van der Waals surface area contributed by atoms with Crippen molar-refractivity contribution in [1.82, 2.24) is 20.7 Å². The van der Waals surface area contributed by atoms with E-state index in [9.17, 15) is 15.2 Å². The number of aliphatic hydroxyl groups is 1. The Morgan fingerprint density at radius 2 is 1.79 bits per heavy atom. The SMILES string of the molecule is CC1(C)C(Oc2ccc(C#N)c(Cl)c2)C(C)(C)C1C1CN(CC2(O)CCNCC2)CCN1NC(=O)c1ccccc1.Cl. The highest BCUT2D eigenvalue weighted by molar-refractivity contribution is 6.31. The number of benzene rings is 2. The maximum Gasteiger partial charge on any atom is 0.265 e. The van der Waals surface area contributed by atoms with Crippen LogP contribution >= 0.6 is 24.0 Å². The Morgan fingerprint density at radius 1 is 1.12 bits per heavy atom. The fraction of sp³-hybridized carbons (Fsp3) is 0.562. The quantitative estimate of drug-likeness (QED) is 0.421. The van der Waals surface area contributed by atoms with Crippen LogP contribution in [-0.2, 0) is 0 Å². The summed E-state index contributed by atoms with van der Waals surface area (Å²) in [5.41, 5.74) is 3.11. The summed E-state index contributed by atoms with van der Waals surface area (Å²) in [6, 6.07) is 16.6. The molecule has 228 valence electrons. The number of hydrazine groups is 1. The zero-order valence-electron chi connectivity index (χ0n) is 24.9. The number of piperazine rings is 1. The van der Waals surface area contributed by atoms with Gasteiger partial charge in [-0.25, -0.2) is 5.01 Å². The minimum absolute atomic E-state index is 0. The third-order valence-corrected chi connectivity index (χ3v) is 9.80. The van der Waals surface area contributed by atoms with Crippen LogP contribution in [0.5, 0.6) is 5.75 Å². The number of carbonyl (C=O) groups is 1. The van der Waals surface area contributed by atoms with Gasteiger partial charge in [-0.3, -0.25) is 15.1 Å². The van der Waals surface area contributed by atoms with Gasteiger partial charge in [0.1, 0.15) is 17.9 Å². The number of carbonyl (C=O) groups excluding carboxylic acids is 1. The summed E-state index contributed by atoms with van der Waals surface area (Å²) in [7, 11) is 0. The lowest BCUT2D eigenvalue weighted by Crippen LogP contribution is -2.75. The number of β-amino-alcohol motifs (C(OH)–C–C–N with tert-alkyl or cyclic N) is 1. The lowest BCUT2D eigenvalue weighted by atomic mass is 9.43. The number of nitriles is 1. The number of nitrogens with one attached hydrogen (secondary N) is 2. The second kappa shape index (κ2) is 12.7. The van der Waals surface area contributed by atoms with Crippen molar-refractivity contribution in [3.05, 3.63) is 64.7 Å². The van der Waals surface area contributed by atoms with Gasteiger partial charge in [0.2, 0.25) is 0 Å². The van der Waals surface area contributed by atoms with Crippen molar-refractivity contribution in [3.63, 3.8) is 0 Å². The molecule has 2 aromatic carbocycles. The molecule has 8 nitrogen and oxygen atoms in total. The fourth-order valence-corrected chi connectivity index (χ4v) is 8.14. The minimum Gasteiger partial charge on any atom is -0.489 e. The van der Waals surface area contributed by atoms with Gasteiger partial charge < -0.3 is 15.2 Å². The van der Waals surface area contributed by atoms with Gasteiger partial charge in [-0.1, -0.05) is 57.5 Å². The van der Waals surface area contributed by atoms with E-state index in [0.717, 1.165) is 39.0 Å². The van der Waals surface area contributed by atoms with Crippen LogP contribution < -0.4 is 15.5 Å². The lowest BCUT2D eigenvalue weighted by Gasteiger charge is -2.67. The molecule has 1 amide bonds. The van der Waals surface area contributed by atoms with Gasteiger partial charge in [0.05, 0.1) is 16.2 Å². The van der Waals surface area contributed by atoms with Gasteiger partial charge in [0.15, 0.2) is 0 Å². The normalized spacial score (nSPS) is 26.6. The smallest absolute Gasteiger partial charge is 0.265 e. The zero-order valence-corrected chi connectivity index (χ0v) is 26.5. The first kappa shape index (κ1) is 32.5. The molecule has 1 atom stereocenters. The molecule has 2 saturated heterocycles. The van der Waals surface area contributed by atoms with E-state index in [4.69, 9.17) is 16.3 Å². The van der Waals surface area contributed by atoms with E-state index < -0.39 is 5.60 Å². The first-order valence-electron chi connectivity index (χ1n) is 14.6. The molecule has 2 aromatic rings. The van der Waals surface area contributed by atoms with Crippen molar-refractivity contribution in [3.8, 4) is 11.8 Å². The highest BCUT2D eigenvalue weighted by atomic mass is 35.5. The van der Waals surface area contributed by atoms with Crippen LogP contribution in [-0.4, -0.2) is 77.9 Å². The predicted octanol–water partition coefficient (Wildman–Crippen LogP) is 4.51. The molecule has 0 aromatic heterocycles. The van der Waals surface area contributed by atoms with Crippen LogP contribution in [0.4, 0.5) is 0 Å². The van der Waals surface area contributed by atoms with E-state index >= 15 is 0 Å². The van der Waals surface area contributed by atoms with E-state index in [2.05, 4.69) is 54.4 Å². The number of halogens is 2. The number of piperidine rings is 1. The van der Waals surface area contributed by atoms with Crippen LogP contribution in [0.15, 0.2) is 48.5 Å². The van der Waals surface area contributed by atoms with E-state index in [1.54, 1.807) is 18.2 Å². The number of ether oxygens (including phenoxy) is 1. The third-order valence-electron chi connectivity index (χ3n) is 9.49. The van der Waals surface area contributed by atoms with Gasteiger partial charge in [0.25, 0.3) is 5.91 Å². The van der Waals surface area contributed by atoms with Crippen molar-refractivity contribution < 1.29 is 14.6 Å². The zero-order chi connectivity index (χ0) is 29.4. The number of nitrogens with zero attached hydrogens (tertiary/aromatic N) is 3. The molecule has 2 aliphatic heterocycles. The molecule has 10 heteroatoms. The van der Waals surface area contributed by atoms with E-state index in [1.807, 2.05) is 30.3 Å². The maximum atomic E-state index is 13.3. The molecule has 42 heavy (non-hydrogen) atoms. The number of hydrogen-bond acceptors (Lipinski definition) is 7. The Kier molecular flexibility index (Phi) is 9.83. The molecule has 5 rings (SSSR count). The first-order chi connectivity index (χ1) is 19.4. The largest absolute Gasteiger partial charge is 0.489 e. The molecule has 1 aliphatic carbocycles.